The van der Waals surface area contributed by atoms with E-state index < -0.39 is 12.9 Å². The molecule has 0 spiro atoms. The number of carbonyl (C=O) groups excluding carboxylic acids is 1. The van der Waals surface area contributed by atoms with Crippen LogP contribution in [-0.4, -0.2) is 85.1 Å². The lowest BCUT2D eigenvalue weighted by molar-refractivity contribution is 0.0981. The highest BCUT2D eigenvalue weighted by Crippen LogP contribution is 2.35. The van der Waals surface area contributed by atoms with E-state index in [2.05, 4.69) is 37.0 Å². The third-order valence-electron chi connectivity index (χ3n) is 6.68. The van der Waals surface area contributed by atoms with Gasteiger partial charge < -0.3 is 25.6 Å². The van der Waals surface area contributed by atoms with Crippen molar-refractivity contribution in [3.63, 3.8) is 0 Å². The summed E-state index contributed by atoms with van der Waals surface area (Å²) in [7, 11) is -0.475. The highest BCUT2D eigenvalue weighted by atomic mass is 35.5. The van der Waals surface area contributed by atoms with Gasteiger partial charge in [-0.25, -0.2) is 9.97 Å². The molecule has 0 radical (unpaired) electrons. The third kappa shape index (κ3) is 5.37. The fourth-order valence-electron chi connectivity index (χ4n) is 4.66. The number of hydrogen-bond donors (Lipinski definition) is 2. The van der Waals surface area contributed by atoms with Gasteiger partial charge in [-0.1, -0.05) is 18.5 Å². The maximum absolute atomic E-state index is 12.0. The fraction of sp³-hybridized carbons (Fsp3) is 0.542. The molecule has 184 valence electrons. The Labute approximate surface area is 210 Å². The number of amides is 1. The van der Waals surface area contributed by atoms with Crippen LogP contribution in [-0.2, 0) is 6.42 Å². The maximum Gasteiger partial charge on any atom is 0.271 e. The highest BCUT2D eigenvalue weighted by Gasteiger charge is 2.28. The second kappa shape index (κ2) is 10.8. The van der Waals surface area contributed by atoms with Gasteiger partial charge in [-0.3, -0.25) is 9.69 Å². The van der Waals surface area contributed by atoms with Gasteiger partial charge >= 0.3 is 0 Å². The minimum atomic E-state index is -2.63. The minimum absolute atomic E-state index is 0.0467. The number of nitrogens with zero attached hydrogens (tertiary/aromatic N) is 5. The molecule has 0 atom stereocenters. The molecule has 10 heteroatoms. The van der Waals surface area contributed by atoms with Crippen molar-refractivity contribution in [2.75, 3.05) is 63.6 Å². The number of likely N-dealkylation sites (N-methyl/N-ethyl adjacent to an activating group) is 1. The molecule has 1 amide bonds. The molecule has 4 rings (SSSR count). The molecule has 3 N–H and O–H groups in total. The van der Waals surface area contributed by atoms with Crippen molar-refractivity contribution in [1.29, 1.82) is 0 Å². The molecule has 3 heterocycles. The number of rotatable bonds is 7. The number of methoxy groups -OCH3 is 1. The Morgan fingerprint density at radius 1 is 1.24 bits per heavy atom. The molecule has 0 unspecified atom stereocenters. The number of hydrogen-bond acceptors (Lipinski definition) is 8. The van der Waals surface area contributed by atoms with Crippen LogP contribution in [0.5, 0.6) is 5.75 Å². The van der Waals surface area contributed by atoms with E-state index in [0.29, 0.717) is 29.5 Å². The molecule has 2 fully saturated rings. The summed E-state index contributed by atoms with van der Waals surface area (Å²) < 4.78 is 28.4. The van der Waals surface area contributed by atoms with Gasteiger partial charge in [0.25, 0.3) is 5.91 Å². The highest BCUT2D eigenvalue weighted by molar-refractivity contribution is 6.30. The standard InChI is InChI=1S/C24H34ClN7O2/c1-4-18-22(25)29-24(21(28-18)23(26)33)27-16-5-6-19(20(15-16)34-3)32-9-7-17(8-10-32)31-13-11-30(2)12-14-31/h5-6,15,17H,4,7-14H2,1-3H3,(H2,26,33)(H,27,29)/i3D3. The average molecular weight is 491 g/mol. The SMILES string of the molecule is [2H]C([2H])([2H])Oc1cc(Nc2nc(Cl)c(CC)nc2C(N)=O)ccc1N1CCC(N2CCN(C)CC2)CC1. The molecule has 0 bridgehead atoms. The molecule has 2 aromatic rings. The van der Waals surface area contributed by atoms with E-state index in [1.807, 2.05) is 13.0 Å². The normalized spacial score (nSPS) is 19.9. The number of primary amides is 1. The lowest BCUT2D eigenvalue weighted by atomic mass is 10.0. The van der Waals surface area contributed by atoms with Crippen molar-refractivity contribution in [3.8, 4) is 5.75 Å². The van der Waals surface area contributed by atoms with Crippen LogP contribution in [0, 0.1) is 0 Å². The van der Waals surface area contributed by atoms with E-state index in [1.54, 1.807) is 12.1 Å². The summed E-state index contributed by atoms with van der Waals surface area (Å²) in [4.78, 5) is 27.6. The molecule has 0 saturated carbocycles. The quantitative estimate of drug-likeness (QED) is 0.611. The number of nitrogens with one attached hydrogen (secondary N) is 1. The van der Waals surface area contributed by atoms with Crippen LogP contribution in [0.25, 0.3) is 0 Å². The maximum atomic E-state index is 12.0. The van der Waals surface area contributed by atoms with Gasteiger partial charge in [0.15, 0.2) is 16.7 Å². The monoisotopic (exact) mass is 490 g/mol. The van der Waals surface area contributed by atoms with Gasteiger partial charge in [0.05, 0.1) is 22.5 Å². The predicted molar refractivity (Wildman–Crippen MR) is 136 cm³/mol. The molecular formula is C24H34ClN7O2. The summed E-state index contributed by atoms with van der Waals surface area (Å²) in [5.41, 5.74) is 7.10. The van der Waals surface area contributed by atoms with Crippen LogP contribution < -0.4 is 20.7 Å². The lowest BCUT2D eigenvalue weighted by Crippen LogP contribution is -2.52. The first-order chi connectivity index (χ1) is 17.5. The van der Waals surface area contributed by atoms with Crippen molar-refractivity contribution in [1.82, 2.24) is 19.8 Å². The fourth-order valence-corrected chi connectivity index (χ4v) is 4.92. The summed E-state index contributed by atoms with van der Waals surface area (Å²) in [5, 5.41) is 3.17. The number of piperazine rings is 1. The number of piperidine rings is 1. The van der Waals surface area contributed by atoms with Crippen LogP contribution in [0.2, 0.25) is 5.15 Å². The smallest absolute Gasteiger partial charge is 0.271 e. The lowest BCUT2D eigenvalue weighted by Gasteiger charge is -2.42. The number of anilines is 3. The Kier molecular flexibility index (Phi) is 6.56. The van der Waals surface area contributed by atoms with Gasteiger partial charge in [-0.15, -0.1) is 0 Å². The first kappa shape index (κ1) is 20.7. The molecule has 1 aromatic heterocycles. The summed E-state index contributed by atoms with van der Waals surface area (Å²) in [6.45, 7) is 7.76. The van der Waals surface area contributed by atoms with E-state index in [4.69, 9.17) is 26.2 Å². The van der Waals surface area contributed by atoms with E-state index in [9.17, 15) is 4.79 Å². The third-order valence-corrected chi connectivity index (χ3v) is 6.98. The molecular weight excluding hydrogens is 454 g/mol. The zero-order valence-electron chi connectivity index (χ0n) is 22.7. The van der Waals surface area contributed by atoms with E-state index in [-0.39, 0.29) is 22.4 Å². The second-order valence-electron chi connectivity index (χ2n) is 8.84. The molecule has 1 aromatic carbocycles. The van der Waals surface area contributed by atoms with Crippen LogP contribution in [0.4, 0.5) is 17.2 Å². The molecule has 2 saturated heterocycles. The Bertz CT molecular complexity index is 1120. The number of nitrogens with two attached hydrogens (primary N) is 1. The Hall–Kier alpha value is -2.62. The Morgan fingerprint density at radius 2 is 1.97 bits per heavy atom. The molecule has 2 aliphatic heterocycles. The summed E-state index contributed by atoms with van der Waals surface area (Å²) in [6, 6.07) is 5.71. The number of aryl methyl sites for hydroxylation is 1. The van der Waals surface area contributed by atoms with Crippen molar-refractivity contribution in [2.45, 2.75) is 32.2 Å². The van der Waals surface area contributed by atoms with Gasteiger partial charge in [0, 0.05) is 57.1 Å². The predicted octanol–water partition coefficient (Wildman–Crippen LogP) is 2.76. The van der Waals surface area contributed by atoms with Crippen LogP contribution in [0.15, 0.2) is 18.2 Å². The number of carbonyl (C=O) groups is 1. The number of ether oxygens (including phenoxy) is 1. The molecule has 34 heavy (non-hydrogen) atoms. The number of halogens is 1. The average Bonchev–Trinajstić information content (AvgIpc) is 2.84. The van der Waals surface area contributed by atoms with Crippen molar-refractivity contribution in [3.05, 3.63) is 34.7 Å². The Balaban J connectivity index is 1.55. The van der Waals surface area contributed by atoms with Gasteiger partial charge in [0.2, 0.25) is 0 Å². The minimum Gasteiger partial charge on any atom is -0.495 e. The van der Waals surface area contributed by atoms with Gasteiger partial charge in [-0.05, 0) is 38.4 Å². The largest absolute Gasteiger partial charge is 0.495 e. The Morgan fingerprint density at radius 3 is 2.62 bits per heavy atom. The van der Waals surface area contributed by atoms with E-state index in [1.165, 1.54) is 0 Å². The number of aromatic nitrogens is 2. The molecule has 0 aliphatic carbocycles. The second-order valence-corrected chi connectivity index (χ2v) is 9.20. The van der Waals surface area contributed by atoms with Crippen LogP contribution in [0.3, 0.4) is 0 Å². The van der Waals surface area contributed by atoms with Crippen LogP contribution in [0.1, 0.15) is 40.1 Å². The van der Waals surface area contributed by atoms with Crippen molar-refractivity contribution < 1.29 is 13.6 Å². The summed E-state index contributed by atoms with van der Waals surface area (Å²) >= 11 is 6.22. The summed E-state index contributed by atoms with van der Waals surface area (Å²) in [5.74, 6) is -0.441. The van der Waals surface area contributed by atoms with Gasteiger partial charge in [0.1, 0.15) is 5.75 Å². The van der Waals surface area contributed by atoms with E-state index in [0.717, 1.165) is 52.1 Å². The zero-order valence-corrected chi connectivity index (χ0v) is 20.4. The first-order valence-electron chi connectivity index (χ1n) is 13.2. The van der Waals surface area contributed by atoms with E-state index >= 15 is 0 Å². The van der Waals surface area contributed by atoms with Crippen molar-refractivity contribution in [2.24, 2.45) is 5.73 Å². The van der Waals surface area contributed by atoms with Gasteiger partial charge in [-0.2, -0.15) is 0 Å². The zero-order chi connectivity index (χ0) is 26.7. The van der Waals surface area contributed by atoms with Crippen molar-refractivity contribution >= 4 is 34.7 Å². The summed E-state index contributed by atoms with van der Waals surface area (Å²) in [6.07, 6.45) is 2.48. The topological polar surface area (TPSA) is 99.8 Å². The molecule has 9 nitrogen and oxygen atoms in total. The van der Waals surface area contributed by atoms with Crippen LogP contribution >= 0.6 is 11.6 Å². The number of benzene rings is 1. The first-order valence-corrected chi connectivity index (χ1v) is 12.1. The molecule has 2 aliphatic rings.